The SMILES string of the molecule is O=S(=O)(Nc1ccc(Br)c(Cl)c1Cl)c1ccc(Cl)nc1. The van der Waals surface area contributed by atoms with Crippen molar-refractivity contribution in [2.24, 2.45) is 0 Å². The summed E-state index contributed by atoms with van der Waals surface area (Å²) in [4.78, 5) is 3.69. The van der Waals surface area contributed by atoms with Crippen LogP contribution in [0.3, 0.4) is 0 Å². The third-order valence-corrected chi connectivity index (χ3v) is 5.64. The molecule has 0 amide bonds. The Hall–Kier alpha value is -0.530. The summed E-state index contributed by atoms with van der Waals surface area (Å²) in [6.07, 6.45) is 1.15. The molecule has 1 aromatic heterocycles. The predicted octanol–water partition coefficient (Wildman–Crippen LogP) is 4.61. The number of sulfonamides is 1. The van der Waals surface area contributed by atoms with Crippen molar-refractivity contribution in [1.29, 1.82) is 0 Å². The highest BCUT2D eigenvalue weighted by molar-refractivity contribution is 9.10. The number of hydrogen-bond donors (Lipinski definition) is 1. The molecule has 0 aliphatic rings. The van der Waals surface area contributed by atoms with Gasteiger partial charge < -0.3 is 0 Å². The fourth-order valence-electron chi connectivity index (χ4n) is 1.33. The van der Waals surface area contributed by atoms with Gasteiger partial charge in [0.1, 0.15) is 10.0 Å². The second-order valence-electron chi connectivity index (χ2n) is 3.65. The normalized spacial score (nSPS) is 11.4. The van der Waals surface area contributed by atoms with Crippen molar-refractivity contribution < 1.29 is 8.42 Å². The molecule has 9 heteroatoms. The zero-order valence-corrected chi connectivity index (χ0v) is 14.2. The summed E-state index contributed by atoms with van der Waals surface area (Å²) in [6.45, 7) is 0. The molecule has 0 spiro atoms. The Balaban J connectivity index is 2.38. The minimum atomic E-state index is -3.81. The van der Waals surface area contributed by atoms with Crippen LogP contribution in [0.25, 0.3) is 0 Å². The number of aromatic nitrogens is 1. The minimum absolute atomic E-state index is 0.0305. The first-order chi connectivity index (χ1) is 9.31. The first-order valence-corrected chi connectivity index (χ1v) is 8.50. The summed E-state index contributed by atoms with van der Waals surface area (Å²) in [7, 11) is -3.81. The first kappa shape index (κ1) is 15.9. The molecular formula is C11H6BrCl3N2O2S. The minimum Gasteiger partial charge on any atom is -0.278 e. The van der Waals surface area contributed by atoms with Gasteiger partial charge in [0.2, 0.25) is 0 Å². The Labute approximate surface area is 139 Å². The molecule has 1 N–H and O–H groups in total. The molecule has 20 heavy (non-hydrogen) atoms. The van der Waals surface area contributed by atoms with E-state index in [0.717, 1.165) is 6.20 Å². The quantitative estimate of drug-likeness (QED) is 0.587. The molecule has 0 unspecified atom stereocenters. The van der Waals surface area contributed by atoms with E-state index in [9.17, 15) is 8.42 Å². The molecule has 1 aromatic carbocycles. The molecule has 0 fully saturated rings. The van der Waals surface area contributed by atoms with Crippen LogP contribution in [0.4, 0.5) is 5.69 Å². The summed E-state index contributed by atoms with van der Waals surface area (Å²) in [6, 6.07) is 5.81. The van der Waals surface area contributed by atoms with E-state index in [-0.39, 0.29) is 25.8 Å². The predicted molar refractivity (Wildman–Crippen MR) is 84.2 cm³/mol. The van der Waals surface area contributed by atoms with Gasteiger partial charge in [0, 0.05) is 10.7 Å². The summed E-state index contributed by atoms with van der Waals surface area (Å²) >= 11 is 20.7. The van der Waals surface area contributed by atoms with Gasteiger partial charge in [-0.1, -0.05) is 34.8 Å². The van der Waals surface area contributed by atoms with Gasteiger partial charge in [0.25, 0.3) is 10.0 Å². The number of nitrogens with zero attached hydrogens (tertiary/aromatic N) is 1. The van der Waals surface area contributed by atoms with E-state index in [0.29, 0.717) is 4.47 Å². The van der Waals surface area contributed by atoms with Crippen molar-refractivity contribution in [1.82, 2.24) is 4.98 Å². The van der Waals surface area contributed by atoms with Crippen LogP contribution in [0, 0.1) is 0 Å². The Morgan fingerprint density at radius 3 is 2.35 bits per heavy atom. The lowest BCUT2D eigenvalue weighted by Gasteiger charge is -2.11. The van der Waals surface area contributed by atoms with Crippen LogP contribution in [0.2, 0.25) is 15.2 Å². The fourth-order valence-corrected chi connectivity index (χ4v) is 3.33. The van der Waals surface area contributed by atoms with Gasteiger partial charge in [0.15, 0.2) is 0 Å². The Morgan fingerprint density at radius 2 is 1.75 bits per heavy atom. The summed E-state index contributed by atoms with van der Waals surface area (Å²) < 4.78 is 27.2. The highest BCUT2D eigenvalue weighted by atomic mass is 79.9. The second kappa shape index (κ2) is 6.07. The Bertz CT molecular complexity index is 751. The monoisotopic (exact) mass is 414 g/mol. The lowest BCUT2D eigenvalue weighted by Crippen LogP contribution is -2.13. The highest BCUT2D eigenvalue weighted by Gasteiger charge is 2.18. The molecule has 106 valence electrons. The van der Waals surface area contributed by atoms with E-state index in [2.05, 4.69) is 25.6 Å². The van der Waals surface area contributed by atoms with Gasteiger partial charge in [-0.3, -0.25) is 4.72 Å². The molecule has 0 saturated carbocycles. The lowest BCUT2D eigenvalue weighted by atomic mass is 10.3. The van der Waals surface area contributed by atoms with Crippen molar-refractivity contribution in [3.05, 3.63) is 50.1 Å². The highest BCUT2D eigenvalue weighted by Crippen LogP contribution is 2.36. The molecule has 0 bridgehead atoms. The standard InChI is InChI=1S/C11H6BrCl3N2O2S/c12-7-2-3-8(11(15)10(7)14)17-20(18,19)6-1-4-9(13)16-5-6/h1-5,17H. The topological polar surface area (TPSA) is 59.1 Å². The van der Waals surface area contributed by atoms with Crippen LogP contribution >= 0.6 is 50.7 Å². The van der Waals surface area contributed by atoms with Crippen LogP contribution in [-0.2, 0) is 10.0 Å². The van der Waals surface area contributed by atoms with Crippen molar-refractivity contribution in [3.8, 4) is 0 Å². The van der Waals surface area contributed by atoms with E-state index >= 15 is 0 Å². The number of nitrogens with one attached hydrogen (secondary N) is 1. The number of benzene rings is 1. The van der Waals surface area contributed by atoms with Crippen LogP contribution < -0.4 is 4.72 Å². The van der Waals surface area contributed by atoms with E-state index in [1.807, 2.05) is 0 Å². The van der Waals surface area contributed by atoms with Gasteiger partial charge in [-0.15, -0.1) is 0 Å². The smallest absolute Gasteiger partial charge is 0.263 e. The van der Waals surface area contributed by atoms with Crippen molar-refractivity contribution in [2.45, 2.75) is 4.90 Å². The Kier molecular flexibility index (Phi) is 4.81. The van der Waals surface area contributed by atoms with Gasteiger partial charge in [-0.25, -0.2) is 13.4 Å². The number of hydrogen-bond acceptors (Lipinski definition) is 3. The van der Waals surface area contributed by atoms with Gasteiger partial charge in [0.05, 0.1) is 15.7 Å². The van der Waals surface area contributed by atoms with Crippen LogP contribution in [-0.4, -0.2) is 13.4 Å². The maximum absolute atomic E-state index is 12.2. The molecule has 0 aliphatic heterocycles. The number of halogens is 4. The van der Waals surface area contributed by atoms with Gasteiger partial charge in [-0.2, -0.15) is 0 Å². The third-order valence-electron chi connectivity index (χ3n) is 2.29. The fraction of sp³-hybridized carbons (Fsp3) is 0. The zero-order valence-electron chi connectivity index (χ0n) is 9.57. The van der Waals surface area contributed by atoms with Crippen molar-refractivity contribution in [3.63, 3.8) is 0 Å². The van der Waals surface area contributed by atoms with Crippen molar-refractivity contribution in [2.75, 3.05) is 4.72 Å². The maximum Gasteiger partial charge on any atom is 0.263 e. The second-order valence-corrected chi connectivity index (χ2v) is 7.32. The molecule has 2 aromatic rings. The molecule has 2 rings (SSSR count). The largest absolute Gasteiger partial charge is 0.278 e. The van der Waals surface area contributed by atoms with Crippen molar-refractivity contribution >= 4 is 66.4 Å². The summed E-state index contributed by atoms with van der Waals surface area (Å²) in [5.41, 5.74) is 0.176. The molecule has 1 heterocycles. The Morgan fingerprint density at radius 1 is 1.05 bits per heavy atom. The van der Waals surface area contributed by atoms with Crippen LogP contribution in [0.1, 0.15) is 0 Å². The maximum atomic E-state index is 12.2. The van der Waals surface area contributed by atoms with E-state index in [1.165, 1.54) is 18.2 Å². The average Bonchev–Trinajstić information content (AvgIpc) is 2.40. The molecular weight excluding hydrogens is 410 g/mol. The van der Waals surface area contributed by atoms with E-state index in [4.69, 9.17) is 34.8 Å². The van der Waals surface area contributed by atoms with Crippen LogP contribution in [0.15, 0.2) is 39.8 Å². The molecule has 0 atom stereocenters. The average molecular weight is 417 g/mol. The molecule has 0 aliphatic carbocycles. The van der Waals surface area contributed by atoms with Gasteiger partial charge >= 0.3 is 0 Å². The first-order valence-electron chi connectivity index (χ1n) is 5.09. The lowest BCUT2D eigenvalue weighted by molar-refractivity contribution is 0.601. The zero-order chi connectivity index (χ0) is 14.9. The summed E-state index contributed by atoms with van der Waals surface area (Å²) in [5, 5.41) is 0.529. The van der Waals surface area contributed by atoms with Crippen LogP contribution in [0.5, 0.6) is 0 Å². The van der Waals surface area contributed by atoms with E-state index in [1.54, 1.807) is 6.07 Å². The molecule has 0 saturated heterocycles. The number of rotatable bonds is 3. The number of anilines is 1. The summed E-state index contributed by atoms with van der Waals surface area (Å²) in [5.74, 6) is 0. The molecule has 0 radical (unpaired) electrons. The third kappa shape index (κ3) is 3.38. The van der Waals surface area contributed by atoms with E-state index < -0.39 is 10.0 Å². The number of pyridine rings is 1. The van der Waals surface area contributed by atoms with Gasteiger partial charge in [-0.05, 0) is 40.2 Å². The molecule has 4 nitrogen and oxygen atoms in total.